The number of nitro groups is 2. The van der Waals surface area contributed by atoms with Gasteiger partial charge in [0, 0.05) is 6.07 Å². The third kappa shape index (κ3) is 2.86. The first-order chi connectivity index (χ1) is 9.00. The van der Waals surface area contributed by atoms with Crippen LogP contribution in [0.4, 0.5) is 11.4 Å². The largest absolute Gasteiger partial charge is 0.289 e. The standard InChI is InChI=1S/C12H14N2O4S/c15-13(16)9-6-10(8-4-2-1-3-5-8)12(19)11(7-9)14(17)18/h6-8,19H,1-5H2. The molecule has 1 aliphatic rings. The van der Waals surface area contributed by atoms with Gasteiger partial charge in [-0.05, 0) is 24.3 Å². The second-order valence-electron chi connectivity index (χ2n) is 4.75. The number of benzene rings is 1. The molecular formula is C12H14N2O4S. The summed E-state index contributed by atoms with van der Waals surface area (Å²) in [5.41, 5.74) is 0.132. The average molecular weight is 282 g/mol. The minimum atomic E-state index is -0.609. The molecule has 2 rings (SSSR count). The van der Waals surface area contributed by atoms with Crippen LogP contribution in [0, 0.1) is 20.2 Å². The fourth-order valence-corrected chi connectivity index (χ4v) is 2.99. The van der Waals surface area contributed by atoms with Gasteiger partial charge < -0.3 is 0 Å². The zero-order valence-electron chi connectivity index (χ0n) is 10.2. The first-order valence-electron chi connectivity index (χ1n) is 6.16. The summed E-state index contributed by atoms with van der Waals surface area (Å²) in [7, 11) is 0. The van der Waals surface area contributed by atoms with Crippen LogP contribution in [0.25, 0.3) is 0 Å². The average Bonchev–Trinajstić information content (AvgIpc) is 2.39. The highest BCUT2D eigenvalue weighted by molar-refractivity contribution is 7.80. The molecule has 0 bridgehead atoms. The molecule has 0 aliphatic heterocycles. The molecule has 0 unspecified atom stereocenters. The van der Waals surface area contributed by atoms with E-state index in [1.165, 1.54) is 6.07 Å². The summed E-state index contributed by atoms with van der Waals surface area (Å²) in [4.78, 5) is 20.9. The van der Waals surface area contributed by atoms with E-state index in [-0.39, 0.29) is 22.2 Å². The van der Waals surface area contributed by atoms with Crippen molar-refractivity contribution in [3.63, 3.8) is 0 Å². The Bertz CT molecular complexity index is 527. The maximum Gasteiger partial charge on any atom is 0.289 e. The van der Waals surface area contributed by atoms with Crippen molar-refractivity contribution in [2.75, 3.05) is 0 Å². The first-order valence-corrected chi connectivity index (χ1v) is 6.61. The summed E-state index contributed by atoms with van der Waals surface area (Å²) >= 11 is 4.21. The van der Waals surface area contributed by atoms with E-state index in [0.29, 0.717) is 5.56 Å². The lowest BCUT2D eigenvalue weighted by atomic mass is 9.83. The normalized spacial score (nSPS) is 16.3. The molecule has 6 nitrogen and oxygen atoms in total. The van der Waals surface area contributed by atoms with Gasteiger partial charge in [-0.3, -0.25) is 20.2 Å². The van der Waals surface area contributed by atoms with Crippen molar-refractivity contribution in [3.8, 4) is 0 Å². The molecule has 0 atom stereocenters. The molecule has 0 heterocycles. The molecule has 1 aromatic rings. The van der Waals surface area contributed by atoms with Crippen molar-refractivity contribution in [3.05, 3.63) is 37.9 Å². The smallest absolute Gasteiger partial charge is 0.258 e. The lowest BCUT2D eigenvalue weighted by molar-refractivity contribution is -0.396. The van der Waals surface area contributed by atoms with Crippen LogP contribution < -0.4 is 0 Å². The van der Waals surface area contributed by atoms with E-state index in [9.17, 15) is 20.2 Å². The molecule has 0 saturated heterocycles. The summed E-state index contributed by atoms with van der Waals surface area (Å²) in [6.45, 7) is 0. The Hall–Kier alpha value is -1.63. The van der Waals surface area contributed by atoms with Gasteiger partial charge in [0.15, 0.2) is 0 Å². The SMILES string of the molecule is O=[N+]([O-])c1cc(C2CCCCC2)c(S)c([N+](=O)[O-])c1. The number of non-ortho nitro benzene ring substituents is 1. The zero-order valence-corrected chi connectivity index (χ0v) is 11.1. The third-order valence-electron chi connectivity index (χ3n) is 3.56. The van der Waals surface area contributed by atoms with Gasteiger partial charge in [-0.25, -0.2) is 0 Å². The molecule has 19 heavy (non-hydrogen) atoms. The van der Waals surface area contributed by atoms with Crippen molar-refractivity contribution < 1.29 is 9.85 Å². The predicted molar refractivity (Wildman–Crippen MR) is 72.8 cm³/mol. The van der Waals surface area contributed by atoms with Crippen LogP contribution in [0.15, 0.2) is 17.0 Å². The van der Waals surface area contributed by atoms with Crippen LogP contribution >= 0.6 is 12.6 Å². The Labute approximate surface area is 115 Å². The Morgan fingerprint density at radius 3 is 2.21 bits per heavy atom. The molecule has 0 spiro atoms. The van der Waals surface area contributed by atoms with Gasteiger partial charge >= 0.3 is 0 Å². The zero-order chi connectivity index (χ0) is 14.0. The van der Waals surface area contributed by atoms with E-state index in [1.807, 2.05) is 0 Å². The number of nitro benzene ring substituents is 2. The molecule has 0 amide bonds. The van der Waals surface area contributed by atoms with Gasteiger partial charge in [-0.15, -0.1) is 12.6 Å². The number of rotatable bonds is 3. The monoisotopic (exact) mass is 282 g/mol. The van der Waals surface area contributed by atoms with Gasteiger partial charge in [0.05, 0.1) is 20.8 Å². The van der Waals surface area contributed by atoms with Crippen LogP contribution in [0.3, 0.4) is 0 Å². The fourth-order valence-electron chi connectivity index (χ4n) is 2.60. The third-order valence-corrected chi connectivity index (χ3v) is 4.04. The van der Waals surface area contributed by atoms with E-state index in [1.54, 1.807) is 0 Å². The first kappa shape index (κ1) is 13.8. The Morgan fingerprint density at radius 2 is 1.68 bits per heavy atom. The van der Waals surface area contributed by atoms with Gasteiger partial charge in [0.25, 0.3) is 11.4 Å². The van der Waals surface area contributed by atoms with Crippen LogP contribution in [0.5, 0.6) is 0 Å². The van der Waals surface area contributed by atoms with E-state index in [0.717, 1.165) is 38.2 Å². The topological polar surface area (TPSA) is 86.3 Å². The summed E-state index contributed by atoms with van der Waals surface area (Å²) < 4.78 is 0. The molecule has 0 radical (unpaired) electrons. The Balaban J connectivity index is 2.51. The summed E-state index contributed by atoms with van der Waals surface area (Å²) in [5, 5.41) is 21.8. The highest BCUT2D eigenvalue weighted by atomic mass is 32.1. The van der Waals surface area contributed by atoms with Crippen molar-refractivity contribution in [2.24, 2.45) is 0 Å². The number of nitrogens with zero attached hydrogens (tertiary/aromatic N) is 2. The molecule has 1 aliphatic carbocycles. The minimum Gasteiger partial charge on any atom is -0.258 e. The van der Waals surface area contributed by atoms with Crippen molar-refractivity contribution in [1.29, 1.82) is 0 Å². The lowest BCUT2D eigenvalue weighted by Gasteiger charge is -2.22. The number of thiol groups is 1. The van der Waals surface area contributed by atoms with Crippen LogP contribution in [-0.2, 0) is 0 Å². The molecule has 102 valence electrons. The molecule has 1 saturated carbocycles. The van der Waals surface area contributed by atoms with Gasteiger partial charge in [-0.1, -0.05) is 19.3 Å². The van der Waals surface area contributed by atoms with Crippen LogP contribution in [0.2, 0.25) is 0 Å². The van der Waals surface area contributed by atoms with E-state index in [4.69, 9.17) is 0 Å². The summed E-state index contributed by atoms with van der Waals surface area (Å²) in [6.07, 6.45) is 5.07. The van der Waals surface area contributed by atoms with E-state index < -0.39 is 9.85 Å². The fraction of sp³-hybridized carbons (Fsp3) is 0.500. The summed E-state index contributed by atoms with van der Waals surface area (Å²) in [6, 6.07) is 2.42. The van der Waals surface area contributed by atoms with Crippen molar-refractivity contribution in [1.82, 2.24) is 0 Å². The van der Waals surface area contributed by atoms with Crippen molar-refractivity contribution in [2.45, 2.75) is 42.9 Å². The van der Waals surface area contributed by atoms with Gasteiger partial charge in [-0.2, -0.15) is 0 Å². The van der Waals surface area contributed by atoms with E-state index >= 15 is 0 Å². The summed E-state index contributed by atoms with van der Waals surface area (Å²) in [5.74, 6) is 0.139. The molecule has 7 heteroatoms. The quantitative estimate of drug-likeness (QED) is 0.518. The molecule has 0 aromatic heterocycles. The van der Waals surface area contributed by atoms with Gasteiger partial charge in [0.1, 0.15) is 0 Å². The minimum absolute atomic E-state index is 0.139. The highest BCUT2D eigenvalue weighted by Crippen LogP contribution is 2.41. The number of hydrogen-bond acceptors (Lipinski definition) is 5. The van der Waals surface area contributed by atoms with Gasteiger partial charge in [0.2, 0.25) is 0 Å². The predicted octanol–water partition coefficient (Wildman–Crippen LogP) is 3.84. The highest BCUT2D eigenvalue weighted by Gasteiger charge is 2.27. The van der Waals surface area contributed by atoms with Crippen LogP contribution in [-0.4, -0.2) is 9.85 Å². The second-order valence-corrected chi connectivity index (χ2v) is 5.20. The second kappa shape index (κ2) is 5.56. The maximum atomic E-state index is 11.0. The Kier molecular flexibility index (Phi) is 4.04. The van der Waals surface area contributed by atoms with Crippen molar-refractivity contribution >= 4 is 24.0 Å². The van der Waals surface area contributed by atoms with Crippen LogP contribution in [0.1, 0.15) is 43.6 Å². The molecule has 1 fully saturated rings. The molecular weight excluding hydrogens is 268 g/mol. The molecule has 1 aromatic carbocycles. The van der Waals surface area contributed by atoms with E-state index in [2.05, 4.69) is 12.6 Å². The number of hydrogen-bond donors (Lipinski definition) is 1. The Morgan fingerprint density at radius 1 is 1.05 bits per heavy atom. The maximum absolute atomic E-state index is 11.0. The molecule has 0 N–H and O–H groups in total. The lowest BCUT2D eigenvalue weighted by Crippen LogP contribution is -2.07.